The van der Waals surface area contributed by atoms with Crippen molar-refractivity contribution in [3.05, 3.63) is 47.2 Å². The molecule has 1 fully saturated rings. The van der Waals surface area contributed by atoms with Gasteiger partial charge in [-0.1, -0.05) is 38.1 Å². The van der Waals surface area contributed by atoms with Crippen molar-refractivity contribution in [1.82, 2.24) is 14.7 Å². The first kappa shape index (κ1) is 20.4. The second kappa shape index (κ2) is 9.24. The van der Waals surface area contributed by atoms with Gasteiger partial charge >= 0.3 is 6.03 Å². The number of nitrogens with one attached hydrogen (secondary N) is 1. The summed E-state index contributed by atoms with van der Waals surface area (Å²) < 4.78 is 7.68. The Morgan fingerprint density at radius 1 is 1.36 bits per heavy atom. The minimum atomic E-state index is -0.108. The number of hydrogen-bond acceptors (Lipinski definition) is 3. The average Bonchev–Trinajstić information content (AvgIpc) is 3.25. The largest absolute Gasteiger partial charge is 0.376 e. The fourth-order valence-corrected chi connectivity index (χ4v) is 3.57. The molecular formula is C22H32N4O2. The van der Waals surface area contributed by atoms with Crippen LogP contribution >= 0.6 is 0 Å². The van der Waals surface area contributed by atoms with Crippen LogP contribution in [0.5, 0.6) is 0 Å². The molecule has 1 unspecified atom stereocenters. The van der Waals surface area contributed by atoms with Crippen LogP contribution in [-0.4, -0.2) is 40.0 Å². The van der Waals surface area contributed by atoms with E-state index in [-0.39, 0.29) is 12.1 Å². The van der Waals surface area contributed by atoms with Crippen LogP contribution in [0.3, 0.4) is 0 Å². The van der Waals surface area contributed by atoms with Crippen LogP contribution in [0.2, 0.25) is 0 Å². The van der Waals surface area contributed by atoms with E-state index in [2.05, 4.69) is 43.3 Å². The highest BCUT2D eigenvalue weighted by Gasteiger charge is 2.24. The van der Waals surface area contributed by atoms with E-state index in [0.717, 1.165) is 43.1 Å². The van der Waals surface area contributed by atoms with E-state index >= 15 is 0 Å². The van der Waals surface area contributed by atoms with Gasteiger partial charge in [-0.25, -0.2) is 9.48 Å². The van der Waals surface area contributed by atoms with Crippen LogP contribution in [0, 0.1) is 19.8 Å². The van der Waals surface area contributed by atoms with E-state index in [9.17, 15) is 4.79 Å². The number of anilines is 1. The summed E-state index contributed by atoms with van der Waals surface area (Å²) in [6.45, 7) is 11.0. The molecule has 0 aliphatic carbocycles. The summed E-state index contributed by atoms with van der Waals surface area (Å²) in [5, 5.41) is 7.61. The van der Waals surface area contributed by atoms with Crippen molar-refractivity contribution in [1.29, 1.82) is 0 Å². The van der Waals surface area contributed by atoms with E-state index < -0.39 is 0 Å². The van der Waals surface area contributed by atoms with Crippen molar-refractivity contribution in [2.75, 3.05) is 18.5 Å². The Balaban J connectivity index is 1.77. The summed E-state index contributed by atoms with van der Waals surface area (Å²) in [4.78, 5) is 15.0. The molecule has 2 heterocycles. The number of aryl methyl sites for hydroxylation is 2. The van der Waals surface area contributed by atoms with Crippen LogP contribution < -0.4 is 5.32 Å². The third-order valence-corrected chi connectivity index (χ3v) is 5.03. The first-order valence-electron chi connectivity index (χ1n) is 10.2. The molecule has 1 aliphatic rings. The highest BCUT2D eigenvalue weighted by molar-refractivity contribution is 5.88. The number of ether oxygens (including phenoxy) is 1. The third kappa shape index (κ3) is 5.35. The lowest BCUT2D eigenvalue weighted by Crippen LogP contribution is -2.40. The lowest BCUT2D eigenvalue weighted by molar-refractivity contribution is 0.0818. The normalized spacial score (nSPS) is 16.5. The van der Waals surface area contributed by atoms with E-state index in [1.807, 2.05) is 34.7 Å². The maximum Gasteiger partial charge on any atom is 0.323 e. The number of aromatic nitrogens is 2. The molecule has 152 valence electrons. The molecule has 0 radical (unpaired) electrons. The van der Waals surface area contributed by atoms with Gasteiger partial charge < -0.3 is 9.64 Å². The number of nitrogens with zero attached hydrogens (tertiary/aromatic N) is 3. The zero-order valence-electron chi connectivity index (χ0n) is 17.4. The van der Waals surface area contributed by atoms with Gasteiger partial charge in [-0.05, 0) is 43.7 Å². The first-order chi connectivity index (χ1) is 13.4. The zero-order valence-corrected chi connectivity index (χ0v) is 17.4. The monoisotopic (exact) mass is 384 g/mol. The van der Waals surface area contributed by atoms with Gasteiger partial charge in [0.05, 0.1) is 11.8 Å². The van der Waals surface area contributed by atoms with Crippen molar-refractivity contribution in [2.45, 2.75) is 59.7 Å². The Morgan fingerprint density at radius 3 is 2.82 bits per heavy atom. The van der Waals surface area contributed by atoms with Crippen molar-refractivity contribution in [2.24, 2.45) is 5.92 Å². The first-order valence-corrected chi connectivity index (χ1v) is 10.2. The molecule has 2 amide bonds. The lowest BCUT2D eigenvalue weighted by atomic mass is 10.1. The molecule has 1 N–H and O–H groups in total. The molecule has 1 aliphatic heterocycles. The molecule has 1 aromatic heterocycles. The Morgan fingerprint density at radius 2 is 2.14 bits per heavy atom. The van der Waals surface area contributed by atoms with E-state index in [0.29, 0.717) is 19.0 Å². The van der Waals surface area contributed by atoms with Gasteiger partial charge in [0.15, 0.2) is 0 Å². The number of benzene rings is 1. The molecule has 6 nitrogen and oxygen atoms in total. The third-order valence-electron chi connectivity index (χ3n) is 5.03. The number of carbonyl (C=O) groups is 1. The van der Waals surface area contributed by atoms with Gasteiger partial charge in [-0.15, -0.1) is 0 Å². The second-order valence-corrected chi connectivity index (χ2v) is 8.12. The topological polar surface area (TPSA) is 59.4 Å². The van der Waals surface area contributed by atoms with Gasteiger partial charge in [0, 0.05) is 32.3 Å². The van der Waals surface area contributed by atoms with Crippen LogP contribution in [0.4, 0.5) is 10.6 Å². The summed E-state index contributed by atoms with van der Waals surface area (Å²) in [5.74, 6) is 1.20. The summed E-state index contributed by atoms with van der Waals surface area (Å²) in [6.07, 6.45) is 2.17. The minimum Gasteiger partial charge on any atom is -0.376 e. The van der Waals surface area contributed by atoms with Crippen molar-refractivity contribution in [3.63, 3.8) is 0 Å². The Labute approximate surface area is 167 Å². The van der Waals surface area contributed by atoms with Gasteiger partial charge in [0.25, 0.3) is 0 Å². The molecule has 1 atom stereocenters. The molecule has 1 saturated heterocycles. The van der Waals surface area contributed by atoms with Crippen molar-refractivity contribution >= 4 is 11.8 Å². The molecule has 28 heavy (non-hydrogen) atoms. The molecular weight excluding hydrogens is 352 g/mol. The van der Waals surface area contributed by atoms with Crippen LogP contribution in [0.25, 0.3) is 0 Å². The maximum absolute atomic E-state index is 13.2. The van der Waals surface area contributed by atoms with Crippen molar-refractivity contribution < 1.29 is 9.53 Å². The number of urea groups is 1. The van der Waals surface area contributed by atoms with E-state index in [1.54, 1.807) is 0 Å². The van der Waals surface area contributed by atoms with E-state index in [1.165, 1.54) is 5.56 Å². The highest BCUT2D eigenvalue weighted by atomic mass is 16.5. The molecule has 1 aromatic carbocycles. The van der Waals surface area contributed by atoms with Gasteiger partial charge in [-0.2, -0.15) is 5.10 Å². The van der Waals surface area contributed by atoms with Gasteiger partial charge in [-0.3, -0.25) is 5.32 Å². The maximum atomic E-state index is 13.2. The fourth-order valence-electron chi connectivity index (χ4n) is 3.57. The number of rotatable bonds is 7. The minimum absolute atomic E-state index is 0.108. The highest BCUT2D eigenvalue weighted by Crippen LogP contribution is 2.19. The summed E-state index contributed by atoms with van der Waals surface area (Å²) in [7, 11) is 0. The van der Waals surface area contributed by atoms with Gasteiger partial charge in [0.2, 0.25) is 0 Å². The fraction of sp³-hybridized carbons (Fsp3) is 0.545. The molecule has 0 saturated carbocycles. The second-order valence-electron chi connectivity index (χ2n) is 8.12. The SMILES string of the molecule is Cc1cc(NC(=O)N(Cc2ccccc2C)CC2CCCO2)n(CC(C)C)n1. The summed E-state index contributed by atoms with van der Waals surface area (Å²) >= 11 is 0. The van der Waals surface area contributed by atoms with Crippen LogP contribution in [0.1, 0.15) is 43.5 Å². The van der Waals surface area contributed by atoms with Gasteiger partial charge in [0.1, 0.15) is 5.82 Å². The lowest BCUT2D eigenvalue weighted by Gasteiger charge is -2.26. The smallest absolute Gasteiger partial charge is 0.323 e. The average molecular weight is 385 g/mol. The van der Waals surface area contributed by atoms with Crippen molar-refractivity contribution in [3.8, 4) is 0 Å². The summed E-state index contributed by atoms with van der Waals surface area (Å²) in [6, 6.07) is 10.0. The number of hydrogen-bond donors (Lipinski definition) is 1. The summed E-state index contributed by atoms with van der Waals surface area (Å²) in [5.41, 5.74) is 3.25. The molecule has 3 rings (SSSR count). The van der Waals surface area contributed by atoms with Crippen LogP contribution in [-0.2, 0) is 17.8 Å². The Bertz CT molecular complexity index is 794. The standard InChI is InChI=1S/C22H32N4O2/c1-16(2)13-26-21(12-18(4)24-26)23-22(27)25(15-20-10-7-11-28-20)14-19-9-6-5-8-17(19)3/h5-6,8-9,12,16,20H,7,10-11,13-15H2,1-4H3,(H,23,27). The Hall–Kier alpha value is -2.34. The molecule has 0 bridgehead atoms. The predicted octanol–water partition coefficient (Wildman–Crippen LogP) is 4.37. The number of amides is 2. The predicted molar refractivity (Wildman–Crippen MR) is 111 cm³/mol. The van der Waals surface area contributed by atoms with E-state index in [4.69, 9.17) is 4.74 Å². The quantitative estimate of drug-likeness (QED) is 0.771. The Kier molecular flexibility index (Phi) is 6.73. The number of carbonyl (C=O) groups excluding carboxylic acids is 1. The molecule has 0 spiro atoms. The van der Waals surface area contributed by atoms with Crippen LogP contribution in [0.15, 0.2) is 30.3 Å². The molecule has 6 heteroatoms. The molecule has 2 aromatic rings. The zero-order chi connectivity index (χ0) is 20.1.